The van der Waals surface area contributed by atoms with Crippen molar-refractivity contribution >= 4 is 0 Å². The van der Waals surface area contributed by atoms with E-state index in [2.05, 4.69) is 5.32 Å². The van der Waals surface area contributed by atoms with Crippen molar-refractivity contribution in [2.75, 3.05) is 26.4 Å². The maximum atomic E-state index is 9.55. The highest BCUT2D eigenvalue weighted by Crippen LogP contribution is 2.28. The van der Waals surface area contributed by atoms with Crippen molar-refractivity contribution in [2.24, 2.45) is 5.92 Å². The number of aliphatic hydroxyl groups is 2. The second kappa shape index (κ2) is 7.17. The predicted octanol–water partition coefficient (Wildman–Crippen LogP) is 0.134. The van der Waals surface area contributed by atoms with Gasteiger partial charge in [0.25, 0.3) is 0 Å². The fourth-order valence-corrected chi connectivity index (χ4v) is 1.35. The third-order valence-electron chi connectivity index (χ3n) is 2.62. The Kier molecular flexibility index (Phi) is 6.17. The first-order valence-electron chi connectivity index (χ1n) is 5.82. The molecule has 1 aliphatic carbocycles. The van der Waals surface area contributed by atoms with Gasteiger partial charge in [0.2, 0.25) is 0 Å². The van der Waals surface area contributed by atoms with Crippen LogP contribution >= 0.6 is 0 Å². The zero-order valence-corrected chi connectivity index (χ0v) is 9.48. The summed E-state index contributed by atoms with van der Waals surface area (Å²) < 4.78 is 5.37. The Morgan fingerprint density at radius 3 is 2.80 bits per heavy atom. The molecule has 0 aromatic carbocycles. The molecule has 4 heteroatoms. The fourth-order valence-electron chi connectivity index (χ4n) is 1.35. The van der Waals surface area contributed by atoms with Crippen molar-refractivity contribution < 1.29 is 14.9 Å². The van der Waals surface area contributed by atoms with Crippen molar-refractivity contribution in [3.05, 3.63) is 0 Å². The number of ether oxygens (including phenoxy) is 1. The number of hydrogen-bond acceptors (Lipinski definition) is 4. The van der Waals surface area contributed by atoms with Crippen LogP contribution in [0.2, 0.25) is 0 Å². The Morgan fingerprint density at radius 2 is 2.20 bits per heavy atom. The van der Waals surface area contributed by atoms with Crippen LogP contribution in [0.25, 0.3) is 0 Å². The summed E-state index contributed by atoms with van der Waals surface area (Å²) in [6, 6.07) is 0.244. The van der Waals surface area contributed by atoms with E-state index in [4.69, 9.17) is 9.84 Å². The molecule has 4 nitrogen and oxygen atoms in total. The molecular weight excluding hydrogens is 194 g/mol. The van der Waals surface area contributed by atoms with Gasteiger partial charge in [-0.25, -0.2) is 0 Å². The maximum Gasteiger partial charge on any atom is 0.0897 e. The standard InChI is InChI=1S/C11H23NO3/c1-9(4-5-13)12-6-11(14)8-15-7-10-2-3-10/h9-14H,2-8H2,1H3. The Hall–Kier alpha value is -0.160. The molecule has 0 aliphatic heterocycles. The Balaban J connectivity index is 1.89. The van der Waals surface area contributed by atoms with Crippen LogP contribution in [0.3, 0.4) is 0 Å². The van der Waals surface area contributed by atoms with Crippen molar-refractivity contribution in [1.29, 1.82) is 0 Å². The normalized spacial score (nSPS) is 20.2. The molecule has 3 N–H and O–H groups in total. The minimum Gasteiger partial charge on any atom is -0.396 e. The van der Waals surface area contributed by atoms with Crippen LogP contribution in [-0.2, 0) is 4.74 Å². The summed E-state index contributed by atoms with van der Waals surface area (Å²) in [5.41, 5.74) is 0. The molecule has 1 rings (SSSR count). The van der Waals surface area contributed by atoms with Crippen LogP contribution in [0.1, 0.15) is 26.2 Å². The average molecular weight is 217 g/mol. The molecule has 0 radical (unpaired) electrons. The molecule has 0 saturated heterocycles. The van der Waals surface area contributed by atoms with Gasteiger partial charge in [0, 0.05) is 25.8 Å². The molecular formula is C11H23NO3. The summed E-state index contributed by atoms with van der Waals surface area (Å²) in [4.78, 5) is 0. The SMILES string of the molecule is CC(CCO)NCC(O)COCC1CC1. The van der Waals surface area contributed by atoms with E-state index < -0.39 is 6.10 Å². The first-order chi connectivity index (χ1) is 7.22. The number of nitrogens with one attached hydrogen (secondary N) is 1. The first-order valence-corrected chi connectivity index (χ1v) is 5.82. The van der Waals surface area contributed by atoms with Crippen LogP contribution in [0, 0.1) is 5.92 Å². The second-order valence-electron chi connectivity index (χ2n) is 4.46. The predicted molar refractivity (Wildman–Crippen MR) is 58.7 cm³/mol. The van der Waals surface area contributed by atoms with Crippen molar-refractivity contribution in [1.82, 2.24) is 5.32 Å². The van der Waals surface area contributed by atoms with Crippen molar-refractivity contribution in [3.63, 3.8) is 0 Å². The lowest BCUT2D eigenvalue weighted by molar-refractivity contribution is 0.0311. The third-order valence-corrected chi connectivity index (χ3v) is 2.62. The molecule has 1 saturated carbocycles. The number of hydrogen-bond donors (Lipinski definition) is 3. The van der Waals surface area contributed by atoms with Gasteiger partial charge in [-0.2, -0.15) is 0 Å². The Morgan fingerprint density at radius 1 is 1.47 bits per heavy atom. The highest BCUT2D eigenvalue weighted by molar-refractivity contribution is 4.72. The summed E-state index contributed by atoms with van der Waals surface area (Å²) in [6.07, 6.45) is 2.84. The summed E-state index contributed by atoms with van der Waals surface area (Å²) >= 11 is 0. The van der Waals surface area contributed by atoms with Gasteiger partial charge in [-0.3, -0.25) is 0 Å². The van der Waals surface area contributed by atoms with Crippen LogP contribution in [0.15, 0.2) is 0 Å². The number of rotatable bonds is 9. The van der Waals surface area contributed by atoms with Gasteiger partial charge in [-0.1, -0.05) is 0 Å². The molecule has 90 valence electrons. The lowest BCUT2D eigenvalue weighted by Gasteiger charge is -2.16. The van der Waals surface area contributed by atoms with E-state index in [1.807, 2.05) is 6.92 Å². The number of aliphatic hydroxyl groups excluding tert-OH is 2. The molecule has 1 fully saturated rings. The second-order valence-corrected chi connectivity index (χ2v) is 4.46. The van der Waals surface area contributed by atoms with E-state index >= 15 is 0 Å². The first kappa shape index (κ1) is 12.9. The van der Waals surface area contributed by atoms with Crippen molar-refractivity contribution in [2.45, 2.75) is 38.3 Å². The lowest BCUT2D eigenvalue weighted by Crippen LogP contribution is -2.36. The minimum absolute atomic E-state index is 0.183. The third kappa shape index (κ3) is 6.84. The molecule has 1 aliphatic rings. The van der Waals surface area contributed by atoms with Crippen LogP contribution in [0.5, 0.6) is 0 Å². The molecule has 0 spiro atoms. The Labute approximate surface area is 91.6 Å². The summed E-state index contributed by atoms with van der Waals surface area (Å²) in [6.45, 7) is 3.92. The maximum absolute atomic E-state index is 9.55. The van der Waals surface area contributed by atoms with Gasteiger partial charge in [0.1, 0.15) is 0 Å². The largest absolute Gasteiger partial charge is 0.396 e. The van der Waals surface area contributed by atoms with E-state index in [9.17, 15) is 5.11 Å². The van der Waals surface area contributed by atoms with E-state index in [0.717, 1.165) is 18.9 Å². The van der Waals surface area contributed by atoms with Gasteiger partial charge in [-0.05, 0) is 32.1 Å². The topological polar surface area (TPSA) is 61.7 Å². The van der Waals surface area contributed by atoms with E-state index in [1.54, 1.807) is 0 Å². The molecule has 0 aromatic heterocycles. The molecule has 0 amide bonds. The lowest BCUT2D eigenvalue weighted by atomic mass is 10.2. The molecule has 2 atom stereocenters. The summed E-state index contributed by atoms with van der Waals surface area (Å²) in [5.74, 6) is 0.749. The highest BCUT2D eigenvalue weighted by atomic mass is 16.5. The Bertz CT molecular complexity index is 162. The van der Waals surface area contributed by atoms with Gasteiger partial charge in [0.15, 0.2) is 0 Å². The van der Waals surface area contributed by atoms with E-state index in [1.165, 1.54) is 12.8 Å². The van der Waals surface area contributed by atoms with Crippen LogP contribution < -0.4 is 5.32 Å². The zero-order chi connectivity index (χ0) is 11.1. The average Bonchev–Trinajstić information content (AvgIpc) is 2.99. The van der Waals surface area contributed by atoms with Crippen LogP contribution in [0.4, 0.5) is 0 Å². The molecule has 0 aromatic rings. The van der Waals surface area contributed by atoms with Crippen LogP contribution in [-0.4, -0.2) is 48.7 Å². The molecule has 0 bridgehead atoms. The minimum atomic E-state index is -0.440. The van der Waals surface area contributed by atoms with Crippen molar-refractivity contribution in [3.8, 4) is 0 Å². The van der Waals surface area contributed by atoms with E-state index in [0.29, 0.717) is 13.2 Å². The van der Waals surface area contributed by atoms with Gasteiger partial charge >= 0.3 is 0 Å². The molecule has 0 heterocycles. The smallest absolute Gasteiger partial charge is 0.0897 e. The highest BCUT2D eigenvalue weighted by Gasteiger charge is 2.21. The van der Waals surface area contributed by atoms with Gasteiger partial charge in [-0.15, -0.1) is 0 Å². The molecule has 15 heavy (non-hydrogen) atoms. The summed E-state index contributed by atoms with van der Waals surface area (Å²) in [7, 11) is 0. The van der Waals surface area contributed by atoms with E-state index in [-0.39, 0.29) is 12.6 Å². The molecule has 2 unspecified atom stereocenters. The van der Waals surface area contributed by atoms with Gasteiger partial charge < -0.3 is 20.3 Å². The fraction of sp³-hybridized carbons (Fsp3) is 1.00. The van der Waals surface area contributed by atoms with Gasteiger partial charge in [0.05, 0.1) is 12.7 Å². The zero-order valence-electron chi connectivity index (χ0n) is 9.48. The monoisotopic (exact) mass is 217 g/mol. The quantitative estimate of drug-likeness (QED) is 0.514. The summed E-state index contributed by atoms with van der Waals surface area (Å²) in [5, 5.41) is 21.4.